The first-order valence-electron chi connectivity index (χ1n) is 6.64. The number of hydrogen-bond acceptors (Lipinski definition) is 2. The van der Waals surface area contributed by atoms with Gasteiger partial charge in [-0.25, -0.2) is 0 Å². The maximum atomic E-state index is 11.0. The molecule has 1 N–H and O–H groups in total. The number of aliphatic hydroxyl groups is 1. The molecule has 0 aliphatic heterocycles. The second-order valence-electron chi connectivity index (χ2n) is 6.30. The fourth-order valence-corrected chi connectivity index (χ4v) is 4.03. The van der Waals surface area contributed by atoms with Gasteiger partial charge < -0.3 is 5.11 Å². The molecule has 0 radical (unpaired) electrons. The summed E-state index contributed by atoms with van der Waals surface area (Å²) >= 11 is 0. The molecule has 0 aromatic carbocycles. The molecular formula is C15H21NO. The Morgan fingerprint density at radius 1 is 1.41 bits per heavy atom. The molecule has 2 heteroatoms. The molecule has 2 saturated carbocycles. The third-order valence-corrected chi connectivity index (χ3v) is 5.39. The van der Waals surface area contributed by atoms with Crippen LogP contribution in [0.3, 0.4) is 0 Å². The Balaban J connectivity index is 1.96. The lowest BCUT2D eigenvalue weighted by molar-refractivity contribution is -0.0220. The SMILES string of the molecule is CC(C)[C@@]12C[C@@H]1[C@H](C)[C@@](O)(c1ccccn1)C2. The first kappa shape index (κ1) is 11.2. The van der Waals surface area contributed by atoms with Crippen molar-refractivity contribution >= 4 is 0 Å². The van der Waals surface area contributed by atoms with Crippen LogP contribution in [-0.4, -0.2) is 10.1 Å². The zero-order chi connectivity index (χ0) is 12.3. The highest BCUT2D eigenvalue weighted by Crippen LogP contribution is 2.74. The molecule has 0 bridgehead atoms. The number of fused-ring (bicyclic) bond motifs is 1. The molecule has 1 aromatic heterocycles. The van der Waals surface area contributed by atoms with E-state index in [2.05, 4.69) is 25.8 Å². The molecular weight excluding hydrogens is 210 g/mol. The summed E-state index contributed by atoms with van der Waals surface area (Å²) in [5.41, 5.74) is 0.542. The molecule has 0 amide bonds. The molecule has 0 saturated heterocycles. The van der Waals surface area contributed by atoms with Crippen LogP contribution >= 0.6 is 0 Å². The van der Waals surface area contributed by atoms with E-state index in [-0.39, 0.29) is 0 Å². The van der Waals surface area contributed by atoms with E-state index in [9.17, 15) is 5.11 Å². The van der Waals surface area contributed by atoms with Gasteiger partial charge in [0.2, 0.25) is 0 Å². The molecule has 2 aliphatic rings. The molecule has 2 fully saturated rings. The summed E-state index contributed by atoms with van der Waals surface area (Å²) in [5, 5.41) is 11.0. The lowest BCUT2D eigenvalue weighted by Crippen LogP contribution is -2.33. The van der Waals surface area contributed by atoms with Gasteiger partial charge in [0.1, 0.15) is 5.60 Å². The van der Waals surface area contributed by atoms with Gasteiger partial charge in [-0.05, 0) is 48.1 Å². The Bertz CT molecular complexity index is 430. The van der Waals surface area contributed by atoms with E-state index in [1.54, 1.807) is 6.20 Å². The summed E-state index contributed by atoms with van der Waals surface area (Å²) in [6, 6.07) is 5.85. The van der Waals surface area contributed by atoms with Crippen LogP contribution in [0.25, 0.3) is 0 Å². The van der Waals surface area contributed by atoms with Gasteiger partial charge in [-0.15, -0.1) is 0 Å². The van der Waals surface area contributed by atoms with E-state index in [1.165, 1.54) is 6.42 Å². The highest BCUT2D eigenvalue weighted by Gasteiger charge is 2.70. The molecule has 2 nitrogen and oxygen atoms in total. The lowest BCUT2D eigenvalue weighted by atomic mass is 9.81. The summed E-state index contributed by atoms with van der Waals surface area (Å²) in [7, 11) is 0. The van der Waals surface area contributed by atoms with Crippen molar-refractivity contribution in [2.75, 3.05) is 0 Å². The molecule has 17 heavy (non-hydrogen) atoms. The molecule has 1 heterocycles. The first-order valence-corrected chi connectivity index (χ1v) is 6.64. The molecule has 3 rings (SSSR count). The monoisotopic (exact) mass is 231 g/mol. The fraction of sp³-hybridized carbons (Fsp3) is 0.667. The topological polar surface area (TPSA) is 33.1 Å². The van der Waals surface area contributed by atoms with Crippen LogP contribution in [0.5, 0.6) is 0 Å². The Hall–Kier alpha value is -0.890. The normalized spacial score (nSPS) is 43.8. The second-order valence-corrected chi connectivity index (χ2v) is 6.30. The summed E-state index contributed by atoms with van der Waals surface area (Å²) in [6.45, 7) is 6.77. The fourth-order valence-electron chi connectivity index (χ4n) is 4.03. The van der Waals surface area contributed by atoms with E-state index in [0.717, 1.165) is 12.1 Å². The van der Waals surface area contributed by atoms with Crippen molar-refractivity contribution in [1.82, 2.24) is 4.98 Å². The zero-order valence-electron chi connectivity index (χ0n) is 10.9. The smallest absolute Gasteiger partial charge is 0.110 e. The molecule has 92 valence electrons. The molecule has 2 aliphatic carbocycles. The zero-order valence-corrected chi connectivity index (χ0v) is 10.9. The van der Waals surface area contributed by atoms with Crippen LogP contribution in [0.15, 0.2) is 24.4 Å². The largest absolute Gasteiger partial charge is 0.383 e. The van der Waals surface area contributed by atoms with Crippen LogP contribution in [0.2, 0.25) is 0 Å². The Labute approximate surface area is 103 Å². The van der Waals surface area contributed by atoms with Crippen molar-refractivity contribution in [3.8, 4) is 0 Å². The van der Waals surface area contributed by atoms with Crippen molar-refractivity contribution in [1.29, 1.82) is 0 Å². The van der Waals surface area contributed by atoms with Gasteiger partial charge in [-0.1, -0.05) is 26.8 Å². The van der Waals surface area contributed by atoms with E-state index in [4.69, 9.17) is 0 Å². The molecule has 1 aromatic rings. The van der Waals surface area contributed by atoms with Crippen molar-refractivity contribution in [3.63, 3.8) is 0 Å². The number of hydrogen-bond donors (Lipinski definition) is 1. The van der Waals surface area contributed by atoms with Gasteiger partial charge in [0.05, 0.1) is 5.69 Å². The standard InChI is InChI=1S/C15H21NO/c1-10(2)14-8-12(14)11(3)15(17,9-14)13-6-4-5-7-16-13/h4-7,10-12,17H,8-9H2,1-3H3/t11-,12+,14-,15+/m0/s1. The van der Waals surface area contributed by atoms with Crippen LogP contribution in [0.4, 0.5) is 0 Å². The predicted octanol–water partition coefficient (Wildman–Crippen LogP) is 2.97. The highest BCUT2D eigenvalue weighted by molar-refractivity contribution is 5.26. The summed E-state index contributed by atoms with van der Waals surface area (Å²) in [5.74, 6) is 1.68. The van der Waals surface area contributed by atoms with Crippen molar-refractivity contribution in [2.45, 2.75) is 39.2 Å². The predicted molar refractivity (Wildman–Crippen MR) is 67.3 cm³/mol. The van der Waals surface area contributed by atoms with Crippen molar-refractivity contribution in [3.05, 3.63) is 30.1 Å². The molecule has 4 atom stereocenters. The van der Waals surface area contributed by atoms with Gasteiger partial charge in [0.15, 0.2) is 0 Å². The van der Waals surface area contributed by atoms with E-state index >= 15 is 0 Å². The van der Waals surface area contributed by atoms with Crippen LogP contribution in [-0.2, 0) is 5.60 Å². The average molecular weight is 231 g/mol. The summed E-state index contributed by atoms with van der Waals surface area (Å²) in [4.78, 5) is 4.38. The quantitative estimate of drug-likeness (QED) is 0.849. The van der Waals surface area contributed by atoms with Gasteiger partial charge in [-0.2, -0.15) is 0 Å². The third-order valence-electron chi connectivity index (χ3n) is 5.39. The van der Waals surface area contributed by atoms with Crippen molar-refractivity contribution < 1.29 is 5.11 Å². The number of rotatable bonds is 2. The van der Waals surface area contributed by atoms with Gasteiger partial charge in [-0.3, -0.25) is 4.98 Å². The van der Waals surface area contributed by atoms with Crippen LogP contribution < -0.4 is 0 Å². The highest BCUT2D eigenvalue weighted by atomic mass is 16.3. The minimum Gasteiger partial charge on any atom is -0.383 e. The first-order chi connectivity index (χ1) is 8.01. The summed E-state index contributed by atoms with van der Waals surface area (Å²) in [6.07, 6.45) is 3.97. The van der Waals surface area contributed by atoms with E-state index in [0.29, 0.717) is 23.2 Å². The van der Waals surface area contributed by atoms with Crippen molar-refractivity contribution in [2.24, 2.45) is 23.2 Å². The maximum absolute atomic E-state index is 11.0. The third kappa shape index (κ3) is 1.33. The van der Waals surface area contributed by atoms with Gasteiger partial charge in [0.25, 0.3) is 0 Å². The Kier molecular flexibility index (Phi) is 2.19. The van der Waals surface area contributed by atoms with E-state index in [1.807, 2.05) is 18.2 Å². The minimum atomic E-state index is -0.700. The number of pyridine rings is 1. The van der Waals surface area contributed by atoms with Crippen LogP contribution in [0.1, 0.15) is 39.3 Å². The minimum absolute atomic E-state index is 0.333. The van der Waals surface area contributed by atoms with Gasteiger partial charge in [0, 0.05) is 6.20 Å². The lowest BCUT2D eigenvalue weighted by Gasteiger charge is -2.31. The second kappa shape index (κ2) is 3.32. The molecule has 0 spiro atoms. The van der Waals surface area contributed by atoms with Crippen LogP contribution in [0, 0.1) is 23.2 Å². The van der Waals surface area contributed by atoms with E-state index < -0.39 is 5.60 Å². The number of nitrogens with zero attached hydrogens (tertiary/aromatic N) is 1. The van der Waals surface area contributed by atoms with Gasteiger partial charge >= 0.3 is 0 Å². The average Bonchev–Trinajstić information content (AvgIpc) is 2.99. The maximum Gasteiger partial charge on any atom is 0.110 e. The molecule has 0 unspecified atom stereocenters. The Morgan fingerprint density at radius 3 is 2.71 bits per heavy atom. The number of aromatic nitrogens is 1. The summed E-state index contributed by atoms with van der Waals surface area (Å²) < 4.78 is 0. The Morgan fingerprint density at radius 2 is 2.18 bits per heavy atom.